The summed E-state index contributed by atoms with van der Waals surface area (Å²) in [7, 11) is 0. The minimum absolute atomic E-state index is 0.0643. The van der Waals surface area contributed by atoms with Crippen molar-refractivity contribution in [3.8, 4) is 17.2 Å². The quantitative estimate of drug-likeness (QED) is 0.136. The Hall–Kier alpha value is -4.80. The third kappa shape index (κ3) is 8.23. The molecule has 2 aromatic heterocycles. The number of carboxylic acid groups (broad SMARTS) is 1. The normalized spacial score (nSPS) is 27.4. The first kappa shape index (κ1) is 41.4. The Bertz CT molecular complexity index is 2170. The molecule has 1 aromatic carbocycles. The van der Waals surface area contributed by atoms with Crippen LogP contribution in [0.2, 0.25) is 0 Å². The Kier molecular flexibility index (Phi) is 10.3. The highest BCUT2D eigenvalue weighted by Crippen LogP contribution is 2.72. The van der Waals surface area contributed by atoms with E-state index in [4.69, 9.17) is 24.3 Å². The van der Waals surface area contributed by atoms with Crippen LogP contribution in [0, 0.1) is 34.5 Å². The summed E-state index contributed by atoms with van der Waals surface area (Å²) in [5.41, 5.74) is 2.94. The second kappa shape index (κ2) is 14.5. The molecular formula is C45H58N6O7. The first-order chi connectivity index (χ1) is 27.0. The number of aromatic carboxylic acids is 1. The van der Waals surface area contributed by atoms with E-state index in [1.807, 2.05) is 39.8 Å². The van der Waals surface area contributed by atoms with Crippen LogP contribution in [0.3, 0.4) is 0 Å². The molecule has 3 aromatic rings. The number of hydrogen-bond acceptors (Lipinski definition) is 10. The lowest BCUT2D eigenvalue weighted by atomic mass is 9.39. The van der Waals surface area contributed by atoms with Crippen molar-refractivity contribution < 1.29 is 33.7 Å². The second-order valence-electron chi connectivity index (χ2n) is 20.2. The summed E-state index contributed by atoms with van der Waals surface area (Å²) >= 11 is 0. The van der Waals surface area contributed by atoms with Crippen LogP contribution in [0.5, 0.6) is 0 Å². The predicted molar refractivity (Wildman–Crippen MR) is 216 cm³/mol. The Morgan fingerprint density at radius 2 is 1.66 bits per heavy atom. The molecule has 0 spiro atoms. The molecule has 8 rings (SSSR count). The van der Waals surface area contributed by atoms with E-state index in [9.17, 15) is 24.8 Å². The molecule has 3 heterocycles. The molecule has 4 fully saturated rings. The van der Waals surface area contributed by atoms with Crippen molar-refractivity contribution in [3.63, 3.8) is 0 Å². The Morgan fingerprint density at radius 1 is 0.966 bits per heavy atom. The van der Waals surface area contributed by atoms with Crippen molar-refractivity contribution in [2.24, 2.45) is 16.2 Å². The van der Waals surface area contributed by atoms with Gasteiger partial charge < -0.3 is 30.0 Å². The third-order valence-electron chi connectivity index (χ3n) is 12.2. The molecule has 58 heavy (non-hydrogen) atoms. The van der Waals surface area contributed by atoms with Crippen LogP contribution in [-0.2, 0) is 27.2 Å². The molecule has 1 amide bonds. The zero-order valence-electron chi connectivity index (χ0n) is 35.4. The maximum absolute atomic E-state index is 14.0. The molecule has 4 bridgehead atoms. The van der Waals surface area contributed by atoms with E-state index in [1.54, 1.807) is 33.0 Å². The number of aromatic nitrogens is 3. The van der Waals surface area contributed by atoms with E-state index in [2.05, 4.69) is 35.2 Å². The lowest BCUT2D eigenvalue weighted by molar-refractivity contribution is -0.247. The summed E-state index contributed by atoms with van der Waals surface area (Å²) in [5.74, 6) is -1.70. The topological polar surface area (TPSA) is 178 Å². The molecule has 0 saturated heterocycles. The van der Waals surface area contributed by atoms with Crippen LogP contribution in [0.4, 0.5) is 4.79 Å². The number of hydrogen-bond donors (Lipinski definition) is 3. The molecule has 13 nitrogen and oxygen atoms in total. The van der Waals surface area contributed by atoms with Crippen molar-refractivity contribution in [2.75, 3.05) is 19.7 Å². The fraction of sp³-hybridized carbons (Fsp3) is 0.600. The van der Waals surface area contributed by atoms with Crippen LogP contribution in [-0.4, -0.2) is 74.4 Å². The summed E-state index contributed by atoms with van der Waals surface area (Å²) in [6, 6.07) is 8.23. The summed E-state index contributed by atoms with van der Waals surface area (Å²) < 4.78 is 20.2. The SMILES string of the molecule is Cc1c(-c2ccc(C3NCCc4c(C#N)ccc(C(=O)O)c43)nc2C(=O)OC(C)(C)C)cnn1CC12CC3(C)CC(C)(C1)CC(OCCNC(=O)OC(C)(C)C)(C3)C2. The van der Waals surface area contributed by atoms with Gasteiger partial charge in [0.1, 0.15) is 11.2 Å². The second-order valence-corrected chi connectivity index (χ2v) is 20.2. The summed E-state index contributed by atoms with van der Waals surface area (Å²) in [6.45, 7) is 19.7. The zero-order chi connectivity index (χ0) is 42.1. The highest BCUT2D eigenvalue weighted by Gasteiger charge is 2.66. The lowest BCUT2D eigenvalue weighted by Crippen LogP contribution is -2.64. The molecule has 3 atom stereocenters. The van der Waals surface area contributed by atoms with Gasteiger partial charge in [0.05, 0.1) is 47.3 Å². The highest BCUT2D eigenvalue weighted by atomic mass is 16.6. The molecule has 310 valence electrons. The number of nitriles is 1. The number of ether oxygens (including phenoxy) is 3. The number of nitrogens with one attached hydrogen (secondary N) is 2. The average Bonchev–Trinajstić information content (AvgIpc) is 3.44. The minimum Gasteiger partial charge on any atom is -0.478 e. The predicted octanol–water partition coefficient (Wildman–Crippen LogP) is 7.67. The number of pyridine rings is 1. The number of amides is 1. The number of carbonyl (C=O) groups excluding carboxylic acids is 2. The number of fused-ring (bicyclic) bond motifs is 1. The minimum atomic E-state index is -1.10. The molecule has 3 unspecified atom stereocenters. The number of esters is 1. The molecule has 3 N–H and O–H groups in total. The van der Waals surface area contributed by atoms with Crippen molar-refractivity contribution in [3.05, 3.63) is 69.8 Å². The van der Waals surface area contributed by atoms with Gasteiger partial charge in [-0.3, -0.25) is 4.68 Å². The Morgan fingerprint density at radius 3 is 2.29 bits per heavy atom. The van der Waals surface area contributed by atoms with E-state index in [1.165, 1.54) is 6.07 Å². The van der Waals surface area contributed by atoms with Gasteiger partial charge in [-0.05, 0) is 145 Å². The number of carboxylic acids is 1. The fourth-order valence-electron chi connectivity index (χ4n) is 11.7. The van der Waals surface area contributed by atoms with Crippen LogP contribution in [0.15, 0.2) is 30.5 Å². The third-order valence-corrected chi connectivity index (χ3v) is 12.2. The van der Waals surface area contributed by atoms with Crippen molar-refractivity contribution in [2.45, 2.75) is 137 Å². The fourth-order valence-corrected chi connectivity index (χ4v) is 11.7. The first-order valence-corrected chi connectivity index (χ1v) is 20.4. The molecule has 13 heteroatoms. The lowest BCUT2D eigenvalue weighted by Gasteiger charge is -2.69. The van der Waals surface area contributed by atoms with E-state index >= 15 is 0 Å². The van der Waals surface area contributed by atoms with Gasteiger partial charge in [-0.25, -0.2) is 19.4 Å². The number of alkyl carbamates (subject to hydrolysis) is 1. The van der Waals surface area contributed by atoms with Gasteiger partial charge in [-0.15, -0.1) is 0 Å². The Labute approximate surface area is 341 Å². The van der Waals surface area contributed by atoms with Gasteiger partial charge >= 0.3 is 18.0 Å². The number of benzene rings is 1. The van der Waals surface area contributed by atoms with Crippen LogP contribution in [0.25, 0.3) is 11.1 Å². The van der Waals surface area contributed by atoms with Gasteiger partial charge in [0.25, 0.3) is 0 Å². The largest absolute Gasteiger partial charge is 0.478 e. The van der Waals surface area contributed by atoms with Gasteiger partial charge in [0.2, 0.25) is 0 Å². The number of rotatable bonds is 10. The Balaban J connectivity index is 1.19. The van der Waals surface area contributed by atoms with Gasteiger partial charge in [-0.2, -0.15) is 10.4 Å². The highest BCUT2D eigenvalue weighted by molar-refractivity contribution is 5.96. The number of nitrogens with zero attached hydrogens (tertiary/aromatic N) is 4. The standard InChI is InChI=1S/C45H58N6O7/c1-27-32(19-49-51(27)26-44-21-42(8)20-43(9,22-44)24-45(23-42,25-44)56-17-16-48-39(55)58-41(5,6)7)30-12-13-33(50-35(30)38(54)57-40(2,3)4)36-34-29(14-15-47-36)28(18-46)10-11-31(34)37(52)53/h10-13,19,36,47H,14-17,20-26H2,1-9H3,(H,48,55)(H,52,53). The molecular weight excluding hydrogens is 737 g/mol. The smallest absolute Gasteiger partial charge is 0.407 e. The van der Waals surface area contributed by atoms with Gasteiger partial charge in [0.15, 0.2) is 5.69 Å². The summed E-state index contributed by atoms with van der Waals surface area (Å²) in [5, 5.41) is 31.2. The van der Waals surface area contributed by atoms with E-state index < -0.39 is 35.3 Å². The van der Waals surface area contributed by atoms with E-state index in [0.29, 0.717) is 60.6 Å². The van der Waals surface area contributed by atoms with Gasteiger partial charge in [0, 0.05) is 36.5 Å². The van der Waals surface area contributed by atoms with E-state index in [-0.39, 0.29) is 33.1 Å². The van der Waals surface area contributed by atoms with Crippen molar-refractivity contribution in [1.29, 1.82) is 5.26 Å². The molecule has 1 aliphatic heterocycles. The van der Waals surface area contributed by atoms with Crippen molar-refractivity contribution >= 4 is 18.0 Å². The molecule has 4 saturated carbocycles. The zero-order valence-corrected chi connectivity index (χ0v) is 35.4. The molecule has 4 aliphatic carbocycles. The summed E-state index contributed by atoms with van der Waals surface area (Å²) in [4.78, 5) is 43.7. The van der Waals surface area contributed by atoms with E-state index in [0.717, 1.165) is 49.8 Å². The molecule has 5 aliphatic rings. The summed E-state index contributed by atoms with van der Waals surface area (Å²) in [6.07, 6.45) is 7.98. The number of carbonyl (C=O) groups is 3. The maximum Gasteiger partial charge on any atom is 0.407 e. The first-order valence-electron chi connectivity index (χ1n) is 20.4. The molecule has 0 radical (unpaired) electrons. The monoisotopic (exact) mass is 794 g/mol. The van der Waals surface area contributed by atoms with Crippen molar-refractivity contribution in [1.82, 2.24) is 25.4 Å². The van der Waals surface area contributed by atoms with Crippen LogP contribution >= 0.6 is 0 Å². The van der Waals surface area contributed by atoms with Gasteiger partial charge in [-0.1, -0.05) is 13.8 Å². The van der Waals surface area contributed by atoms with Crippen LogP contribution in [0.1, 0.15) is 149 Å². The van der Waals surface area contributed by atoms with Crippen LogP contribution < -0.4 is 10.6 Å². The average molecular weight is 795 g/mol. The maximum atomic E-state index is 14.0.